The zero-order valence-corrected chi connectivity index (χ0v) is 19.3. The first-order valence-corrected chi connectivity index (χ1v) is 11.4. The SMILES string of the molecule is CN(C(=O)c1ccc2c(c1)OCO2)C(CCNC(=O)c1nc2ccccc2o1)Cc1ccccc1. The van der Waals surface area contributed by atoms with E-state index in [1.165, 1.54) is 0 Å². The number of carbonyl (C=O) groups excluding carboxylic acids is 2. The summed E-state index contributed by atoms with van der Waals surface area (Å²) in [6, 6.07) is 22.2. The van der Waals surface area contributed by atoms with Crippen LogP contribution in [0, 0.1) is 0 Å². The Kier molecular flexibility index (Phi) is 6.34. The van der Waals surface area contributed by atoms with E-state index in [-0.39, 0.29) is 30.5 Å². The lowest BCUT2D eigenvalue weighted by Crippen LogP contribution is -2.41. The molecule has 0 spiro atoms. The van der Waals surface area contributed by atoms with Gasteiger partial charge in [0.15, 0.2) is 17.1 Å². The molecule has 1 unspecified atom stereocenters. The van der Waals surface area contributed by atoms with Gasteiger partial charge in [-0.2, -0.15) is 0 Å². The number of nitrogens with one attached hydrogen (secondary N) is 1. The van der Waals surface area contributed by atoms with E-state index in [0.717, 1.165) is 5.56 Å². The molecule has 0 bridgehead atoms. The van der Waals surface area contributed by atoms with Crippen molar-refractivity contribution in [2.75, 3.05) is 20.4 Å². The fourth-order valence-electron chi connectivity index (χ4n) is 4.12. The van der Waals surface area contributed by atoms with Gasteiger partial charge in [-0.25, -0.2) is 4.98 Å². The molecule has 3 aromatic carbocycles. The van der Waals surface area contributed by atoms with Crippen LogP contribution in [0.25, 0.3) is 11.1 Å². The maximum absolute atomic E-state index is 13.3. The van der Waals surface area contributed by atoms with Gasteiger partial charge in [0.05, 0.1) is 0 Å². The van der Waals surface area contributed by atoms with Crippen LogP contribution in [0.2, 0.25) is 0 Å². The van der Waals surface area contributed by atoms with Crippen molar-refractivity contribution >= 4 is 22.9 Å². The van der Waals surface area contributed by atoms with Crippen molar-refractivity contribution < 1.29 is 23.5 Å². The lowest BCUT2D eigenvalue weighted by atomic mass is 10.0. The summed E-state index contributed by atoms with van der Waals surface area (Å²) in [4.78, 5) is 31.9. The standard InChI is InChI=1S/C27H25N3O5/c1-30(27(32)19-11-12-23-24(16-19)34-17-33-23)20(15-18-7-3-2-4-8-18)13-14-28-25(31)26-29-21-9-5-6-10-22(21)35-26/h2-12,16,20H,13-15,17H2,1H3,(H,28,31). The summed E-state index contributed by atoms with van der Waals surface area (Å²) in [5, 5.41) is 2.87. The highest BCUT2D eigenvalue weighted by Crippen LogP contribution is 2.33. The van der Waals surface area contributed by atoms with E-state index < -0.39 is 0 Å². The number of para-hydroxylation sites is 2. The van der Waals surface area contributed by atoms with Crippen LogP contribution in [0.4, 0.5) is 0 Å². The number of hydrogen-bond acceptors (Lipinski definition) is 6. The summed E-state index contributed by atoms with van der Waals surface area (Å²) in [5.74, 6) is 0.705. The van der Waals surface area contributed by atoms with E-state index >= 15 is 0 Å². The molecular weight excluding hydrogens is 446 g/mol. The van der Waals surface area contributed by atoms with Gasteiger partial charge in [0.2, 0.25) is 6.79 Å². The Labute approximate surface area is 202 Å². The number of rotatable bonds is 8. The van der Waals surface area contributed by atoms with Crippen LogP contribution < -0.4 is 14.8 Å². The van der Waals surface area contributed by atoms with Crippen LogP contribution in [0.3, 0.4) is 0 Å². The lowest BCUT2D eigenvalue weighted by Gasteiger charge is -2.29. The number of fused-ring (bicyclic) bond motifs is 2. The van der Waals surface area contributed by atoms with Crippen LogP contribution in [0.5, 0.6) is 11.5 Å². The Hall–Kier alpha value is -4.33. The molecule has 1 atom stereocenters. The Morgan fingerprint density at radius 1 is 1.00 bits per heavy atom. The van der Waals surface area contributed by atoms with Gasteiger partial charge in [-0.15, -0.1) is 0 Å². The molecule has 0 radical (unpaired) electrons. The molecular formula is C27H25N3O5. The number of carbonyl (C=O) groups is 2. The number of aromatic nitrogens is 1. The number of amides is 2. The second-order valence-corrected chi connectivity index (χ2v) is 8.36. The Bertz CT molecular complexity index is 1320. The van der Waals surface area contributed by atoms with Gasteiger partial charge in [0, 0.05) is 25.2 Å². The largest absolute Gasteiger partial charge is 0.454 e. The van der Waals surface area contributed by atoms with Gasteiger partial charge in [0.1, 0.15) is 5.52 Å². The van der Waals surface area contributed by atoms with E-state index in [9.17, 15) is 9.59 Å². The van der Waals surface area contributed by atoms with E-state index in [4.69, 9.17) is 13.9 Å². The zero-order chi connectivity index (χ0) is 24.2. The Balaban J connectivity index is 1.28. The van der Waals surface area contributed by atoms with E-state index in [2.05, 4.69) is 10.3 Å². The normalized spacial score (nSPS) is 12.9. The summed E-state index contributed by atoms with van der Waals surface area (Å²) in [6.45, 7) is 0.507. The predicted octanol–water partition coefficient (Wildman–Crippen LogP) is 4.06. The van der Waals surface area contributed by atoms with Crippen LogP contribution in [0.1, 0.15) is 33.0 Å². The molecule has 2 heterocycles. The van der Waals surface area contributed by atoms with E-state index in [1.807, 2.05) is 42.5 Å². The molecule has 1 aliphatic heterocycles. The second-order valence-electron chi connectivity index (χ2n) is 8.36. The monoisotopic (exact) mass is 471 g/mol. The molecule has 0 saturated carbocycles. The Morgan fingerprint density at radius 3 is 2.60 bits per heavy atom. The number of hydrogen-bond donors (Lipinski definition) is 1. The molecule has 178 valence electrons. The summed E-state index contributed by atoms with van der Waals surface area (Å²) in [5.41, 5.74) is 2.82. The van der Waals surface area contributed by atoms with Crippen molar-refractivity contribution in [3.05, 3.63) is 89.8 Å². The summed E-state index contributed by atoms with van der Waals surface area (Å²) >= 11 is 0. The number of oxazole rings is 1. The quantitative estimate of drug-likeness (QED) is 0.417. The molecule has 8 heteroatoms. The first-order valence-electron chi connectivity index (χ1n) is 11.4. The van der Waals surface area contributed by atoms with E-state index in [1.54, 1.807) is 42.3 Å². The maximum atomic E-state index is 13.3. The average molecular weight is 472 g/mol. The number of nitrogens with zero attached hydrogens (tertiary/aromatic N) is 2. The van der Waals surface area contributed by atoms with Crippen molar-refractivity contribution in [3.63, 3.8) is 0 Å². The molecule has 0 saturated heterocycles. The van der Waals surface area contributed by atoms with Crippen molar-refractivity contribution in [2.24, 2.45) is 0 Å². The molecule has 0 aliphatic carbocycles. The third kappa shape index (κ3) is 4.96. The molecule has 5 rings (SSSR count). The zero-order valence-electron chi connectivity index (χ0n) is 19.3. The smallest absolute Gasteiger partial charge is 0.307 e. The number of likely N-dealkylation sites (N-methyl/N-ethyl adjacent to an activating group) is 1. The van der Waals surface area contributed by atoms with Crippen LogP contribution in [-0.4, -0.2) is 48.1 Å². The minimum absolute atomic E-state index is 0.0237. The summed E-state index contributed by atoms with van der Waals surface area (Å²) in [7, 11) is 1.78. The first kappa shape index (κ1) is 22.5. The van der Waals surface area contributed by atoms with Gasteiger partial charge < -0.3 is 24.1 Å². The topological polar surface area (TPSA) is 93.9 Å². The highest BCUT2D eigenvalue weighted by atomic mass is 16.7. The van der Waals surface area contributed by atoms with Gasteiger partial charge in [0.25, 0.3) is 11.8 Å². The van der Waals surface area contributed by atoms with E-state index in [0.29, 0.717) is 47.5 Å². The fraction of sp³-hybridized carbons (Fsp3) is 0.222. The highest BCUT2D eigenvalue weighted by molar-refractivity contribution is 5.95. The molecule has 1 aromatic heterocycles. The lowest BCUT2D eigenvalue weighted by molar-refractivity contribution is 0.0722. The van der Waals surface area contributed by atoms with Gasteiger partial charge in [-0.05, 0) is 48.7 Å². The predicted molar refractivity (Wildman–Crippen MR) is 130 cm³/mol. The fourth-order valence-corrected chi connectivity index (χ4v) is 4.12. The highest BCUT2D eigenvalue weighted by Gasteiger charge is 2.24. The number of benzene rings is 3. The van der Waals surface area contributed by atoms with Crippen LogP contribution >= 0.6 is 0 Å². The van der Waals surface area contributed by atoms with Gasteiger partial charge >= 0.3 is 5.91 Å². The van der Waals surface area contributed by atoms with Gasteiger partial charge in [-0.3, -0.25) is 9.59 Å². The van der Waals surface area contributed by atoms with Crippen molar-refractivity contribution in [2.45, 2.75) is 18.9 Å². The van der Waals surface area contributed by atoms with Crippen molar-refractivity contribution in [3.8, 4) is 11.5 Å². The molecule has 8 nitrogen and oxygen atoms in total. The summed E-state index contributed by atoms with van der Waals surface area (Å²) in [6.07, 6.45) is 1.19. The third-order valence-corrected chi connectivity index (χ3v) is 6.05. The summed E-state index contributed by atoms with van der Waals surface area (Å²) < 4.78 is 16.3. The van der Waals surface area contributed by atoms with Crippen molar-refractivity contribution in [1.29, 1.82) is 0 Å². The molecule has 2 amide bonds. The first-order chi connectivity index (χ1) is 17.1. The number of ether oxygens (including phenoxy) is 2. The van der Waals surface area contributed by atoms with Crippen LogP contribution in [-0.2, 0) is 6.42 Å². The average Bonchev–Trinajstić information content (AvgIpc) is 3.54. The molecule has 1 N–H and O–H groups in total. The molecule has 4 aromatic rings. The third-order valence-electron chi connectivity index (χ3n) is 6.05. The minimum Gasteiger partial charge on any atom is -0.454 e. The maximum Gasteiger partial charge on any atom is 0.307 e. The van der Waals surface area contributed by atoms with Gasteiger partial charge in [-0.1, -0.05) is 42.5 Å². The van der Waals surface area contributed by atoms with Crippen LogP contribution in [0.15, 0.2) is 77.2 Å². The minimum atomic E-state index is -0.385. The second kappa shape index (κ2) is 9.89. The molecule has 1 aliphatic rings. The Morgan fingerprint density at radius 2 is 1.77 bits per heavy atom. The van der Waals surface area contributed by atoms with Crippen molar-refractivity contribution in [1.82, 2.24) is 15.2 Å². The molecule has 35 heavy (non-hydrogen) atoms. The molecule has 0 fully saturated rings.